The molecule has 6 nitrogen and oxygen atoms in total. The van der Waals surface area contributed by atoms with E-state index in [1.165, 1.54) is 7.11 Å². The fourth-order valence-corrected chi connectivity index (χ4v) is 0.731. The third-order valence-electron chi connectivity index (χ3n) is 1.50. The first-order chi connectivity index (χ1) is 6.61. The van der Waals surface area contributed by atoms with Crippen LogP contribution in [0.1, 0.15) is 6.92 Å². The molecular weight excluding hydrogens is 188 g/mol. The number of hydrogen-bond acceptors (Lipinski definition) is 5. The molecule has 0 aliphatic rings. The Morgan fingerprint density at radius 2 is 2.14 bits per heavy atom. The summed E-state index contributed by atoms with van der Waals surface area (Å²) in [5, 5.41) is 14.3. The minimum absolute atomic E-state index is 0.128. The van der Waals surface area contributed by atoms with Crippen LogP contribution in [0.3, 0.4) is 0 Å². The van der Waals surface area contributed by atoms with Gasteiger partial charge >= 0.3 is 5.97 Å². The fourth-order valence-electron chi connectivity index (χ4n) is 0.731. The predicted molar refractivity (Wildman–Crippen MR) is 49.6 cm³/mol. The first-order valence-electron chi connectivity index (χ1n) is 4.35. The number of esters is 1. The number of hydrogen-bond donors (Lipinski definition) is 3. The van der Waals surface area contributed by atoms with Crippen LogP contribution in [0.2, 0.25) is 0 Å². The van der Waals surface area contributed by atoms with E-state index in [4.69, 9.17) is 5.11 Å². The highest BCUT2D eigenvalue weighted by Crippen LogP contribution is 1.84. The molecule has 1 atom stereocenters. The van der Waals surface area contributed by atoms with E-state index in [1.54, 1.807) is 0 Å². The molecule has 0 saturated heterocycles. The van der Waals surface area contributed by atoms with Crippen LogP contribution in [-0.2, 0) is 14.3 Å². The molecule has 0 aromatic heterocycles. The fraction of sp³-hybridized carbons (Fsp3) is 0.750. The molecule has 0 fully saturated rings. The molecule has 1 amide bonds. The molecule has 14 heavy (non-hydrogen) atoms. The van der Waals surface area contributed by atoms with E-state index in [9.17, 15) is 9.59 Å². The molecule has 0 radical (unpaired) electrons. The molecule has 1 unspecified atom stereocenters. The van der Waals surface area contributed by atoms with Crippen LogP contribution in [-0.4, -0.2) is 49.8 Å². The molecule has 82 valence electrons. The normalized spacial score (nSPS) is 11.9. The largest absolute Gasteiger partial charge is 0.467 e. The van der Waals surface area contributed by atoms with E-state index in [-0.39, 0.29) is 19.0 Å². The Hall–Kier alpha value is -1.14. The molecule has 0 aromatic rings. The van der Waals surface area contributed by atoms with Gasteiger partial charge in [0.05, 0.1) is 20.2 Å². The summed E-state index contributed by atoms with van der Waals surface area (Å²) < 4.78 is 4.27. The van der Waals surface area contributed by atoms with Crippen LogP contribution in [0.5, 0.6) is 0 Å². The molecule has 0 bridgehead atoms. The first kappa shape index (κ1) is 12.9. The molecule has 0 heterocycles. The summed E-state index contributed by atoms with van der Waals surface area (Å²) in [6.07, 6.45) is -1.30. The highest BCUT2D eigenvalue weighted by Gasteiger charge is 2.15. The zero-order valence-electron chi connectivity index (χ0n) is 8.37. The Morgan fingerprint density at radius 3 is 2.64 bits per heavy atom. The van der Waals surface area contributed by atoms with Crippen LogP contribution in [0.4, 0.5) is 0 Å². The number of methoxy groups -OCH3 is 1. The lowest BCUT2D eigenvalue weighted by atomic mass is 10.3. The summed E-state index contributed by atoms with van der Waals surface area (Å²) in [7, 11) is 1.17. The molecule has 0 aliphatic heterocycles. The van der Waals surface area contributed by atoms with Crippen molar-refractivity contribution in [3.05, 3.63) is 0 Å². The maximum absolute atomic E-state index is 11.0. The van der Waals surface area contributed by atoms with Gasteiger partial charge < -0.3 is 20.5 Å². The van der Waals surface area contributed by atoms with Gasteiger partial charge in [-0.1, -0.05) is 6.92 Å². The summed E-state index contributed by atoms with van der Waals surface area (Å²) in [6.45, 7) is 2.60. The van der Waals surface area contributed by atoms with Crippen LogP contribution < -0.4 is 10.6 Å². The van der Waals surface area contributed by atoms with Crippen molar-refractivity contribution >= 4 is 11.9 Å². The number of rotatable bonds is 6. The number of likely N-dealkylation sites (N-methyl/N-ethyl adjacent to an activating group) is 1. The highest BCUT2D eigenvalue weighted by atomic mass is 16.5. The van der Waals surface area contributed by atoms with E-state index < -0.39 is 12.1 Å². The number of ether oxygens (including phenoxy) is 1. The van der Waals surface area contributed by atoms with Gasteiger partial charge in [0.2, 0.25) is 5.91 Å². The second kappa shape index (κ2) is 7.28. The van der Waals surface area contributed by atoms with Gasteiger partial charge in [0.1, 0.15) is 0 Å². The molecule has 3 N–H and O–H groups in total. The van der Waals surface area contributed by atoms with E-state index >= 15 is 0 Å². The van der Waals surface area contributed by atoms with Gasteiger partial charge in [-0.3, -0.25) is 4.79 Å². The van der Waals surface area contributed by atoms with E-state index in [0.717, 1.165) is 0 Å². The lowest BCUT2D eigenvalue weighted by Crippen LogP contribution is -2.41. The zero-order chi connectivity index (χ0) is 11.0. The van der Waals surface area contributed by atoms with Gasteiger partial charge in [-0.05, 0) is 6.54 Å². The molecule has 6 heteroatoms. The molecule has 0 spiro atoms. The van der Waals surface area contributed by atoms with Crippen LogP contribution in [0, 0.1) is 0 Å². The number of aliphatic hydroxyl groups is 1. The average molecular weight is 204 g/mol. The maximum Gasteiger partial charge on any atom is 0.336 e. The van der Waals surface area contributed by atoms with Gasteiger partial charge in [0, 0.05) is 0 Å². The Labute approximate surface area is 82.6 Å². The SMILES string of the molecule is CCNCC(=O)NCC(O)C(=O)OC. The second-order valence-electron chi connectivity index (χ2n) is 2.62. The first-order valence-corrected chi connectivity index (χ1v) is 4.35. The number of nitrogens with one attached hydrogen (secondary N) is 2. The zero-order valence-corrected chi connectivity index (χ0v) is 8.37. The monoisotopic (exact) mass is 204 g/mol. The Balaban J connectivity index is 3.60. The Bertz CT molecular complexity index is 196. The van der Waals surface area contributed by atoms with Gasteiger partial charge in [-0.25, -0.2) is 4.79 Å². The van der Waals surface area contributed by atoms with Crippen molar-refractivity contribution in [2.45, 2.75) is 13.0 Å². The van der Waals surface area contributed by atoms with E-state index in [1.807, 2.05) is 6.92 Å². The molecular formula is C8H16N2O4. The van der Waals surface area contributed by atoms with Crippen molar-refractivity contribution < 1.29 is 19.4 Å². The average Bonchev–Trinajstić information content (AvgIpc) is 2.21. The second-order valence-corrected chi connectivity index (χ2v) is 2.62. The smallest absolute Gasteiger partial charge is 0.336 e. The van der Waals surface area contributed by atoms with Crippen molar-refractivity contribution in [1.29, 1.82) is 0 Å². The van der Waals surface area contributed by atoms with Crippen molar-refractivity contribution in [3.63, 3.8) is 0 Å². The lowest BCUT2D eigenvalue weighted by Gasteiger charge is -2.09. The predicted octanol–water partition coefficient (Wildman–Crippen LogP) is -1.75. The molecule has 0 aromatic carbocycles. The Morgan fingerprint density at radius 1 is 1.50 bits per heavy atom. The third-order valence-corrected chi connectivity index (χ3v) is 1.50. The standard InChI is InChI=1S/C8H16N2O4/c1-3-9-5-7(12)10-4-6(11)8(13)14-2/h6,9,11H,3-5H2,1-2H3,(H,10,12). The van der Waals surface area contributed by atoms with Crippen molar-refractivity contribution in [1.82, 2.24) is 10.6 Å². The maximum atomic E-state index is 11.0. The van der Waals surface area contributed by atoms with E-state index in [0.29, 0.717) is 6.54 Å². The Kier molecular flexibility index (Phi) is 6.69. The summed E-state index contributed by atoms with van der Waals surface area (Å²) in [5.74, 6) is -1.02. The molecule has 0 aliphatic carbocycles. The minimum Gasteiger partial charge on any atom is -0.467 e. The van der Waals surface area contributed by atoms with E-state index in [2.05, 4.69) is 15.4 Å². The third kappa shape index (κ3) is 5.50. The quantitative estimate of drug-likeness (QED) is 0.446. The topological polar surface area (TPSA) is 87.7 Å². The van der Waals surface area contributed by atoms with Gasteiger partial charge in [-0.15, -0.1) is 0 Å². The number of aliphatic hydroxyl groups excluding tert-OH is 1. The highest BCUT2D eigenvalue weighted by molar-refractivity contribution is 5.79. The van der Waals surface area contributed by atoms with Crippen molar-refractivity contribution in [2.24, 2.45) is 0 Å². The van der Waals surface area contributed by atoms with Crippen molar-refractivity contribution in [3.8, 4) is 0 Å². The van der Waals surface area contributed by atoms with Crippen LogP contribution in [0.25, 0.3) is 0 Å². The minimum atomic E-state index is -1.30. The van der Waals surface area contributed by atoms with Gasteiger partial charge in [0.15, 0.2) is 6.10 Å². The van der Waals surface area contributed by atoms with Gasteiger partial charge in [0.25, 0.3) is 0 Å². The van der Waals surface area contributed by atoms with Crippen molar-refractivity contribution in [2.75, 3.05) is 26.7 Å². The summed E-state index contributed by atoms with van der Waals surface area (Å²) in [4.78, 5) is 21.7. The van der Waals surface area contributed by atoms with Gasteiger partial charge in [-0.2, -0.15) is 0 Å². The number of carbonyl (C=O) groups is 2. The van der Waals surface area contributed by atoms with Crippen LogP contribution >= 0.6 is 0 Å². The lowest BCUT2D eigenvalue weighted by molar-refractivity contribution is -0.150. The number of carbonyl (C=O) groups excluding carboxylic acids is 2. The summed E-state index contributed by atoms with van der Waals surface area (Å²) >= 11 is 0. The summed E-state index contributed by atoms with van der Waals surface area (Å²) in [5.41, 5.74) is 0. The van der Waals surface area contributed by atoms with Crippen LogP contribution in [0.15, 0.2) is 0 Å². The summed E-state index contributed by atoms with van der Waals surface area (Å²) in [6, 6.07) is 0. The number of amides is 1. The molecule has 0 rings (SSSR count). The molecule has 0 saturated carbocycles.